The summed E-state index contributed by atoms with van der Waals surface area (Å²) in [6.07, 6.45) is 2.18. The molecule has 106 valence electrons. The van der Waals surface area contributed by atoms with E-state index < -0.39 is 0 Å². The molecule has 0 amide bonds. The molecular formula is C18H17NO2. The second kappa shape index (κ2) is 5.01. The third-order valence-corrected chi connectivity index (χ3v) is 4.29. The van der Waals surface area contributed by atoms with Gasteiger partial charge in [-0.05, 0) is 43.1 Å². The molecule has 0 bridgehead atoms. The topological polar surface area (TPSA) is 38.3 Å². The van der Waals surface area contributed by atoms with Crippen molar-refractivity contribution >= 4 is 5.78 Å². The van der Waals surface area contributed by atoms with E-state index >= 15 is 0 Å². The maximum Gasteiger partial charge on any atom is 0.198 e. The lowest BCUT2D eigenvalue weighted by Gasteiger charge is -2.24. The first kappa shape index (κ1) is 12.6. The van der Waals surface area contributed by atoms with Gasteiger partial charge in [-0.2, -0.15) is 0 Å². The van der Waals surface area contributed by atoms with E-state index in [0.29, 0.717) is 0 Å². The molecule has 2 aromatic rings. The summed E-state index contributed by atoms with van der Waals surface area (Å²) in [4.78, 5) is 12.7. The summed E-state index contributed by atoms with van der Waals surface area (Å²) in [6, 6.07) is 13.7. The number of piperidine rings is 1. The number of hydrogen-bond acceptors (Lipinski definition) is 3. The summed E-state index contributed by atoms with van der Waals surface area (Å²) >= 11 is 0. The maximum atomic E-state index is 12.7. The zero-order chi connectivity index (χ0) is 14.2. The standard InChI is InChI=1S/C18H17NO2/c20-18-15-5-2-1-4-13(15)14-6-3-7-16(17(14)18)21-12-8-10-19-11-9-12/h1-7,12,19H,8-11H2. The van der Waals surface area contributed by atoms with Gasteiger partial charge in [-0.3, -0.25) is 4.79 Å². The van der Waals surface area contributed by atoms with E-state index in [-0.39, 0.29) is 11.9 Å². The number of ketones is 1. The molecule has 0 atom stereocenters. The van der Waals surface area contributed by atoms with Crippen molar-refractivity contribution in [2.24, 2.45) is 0 Å². The van der Waals surface area contributed by atoms with Crippen molar-refractivity contribution in [1.82, 2.24) is 5.32 Å². The van der Waals surface area contributed by atoms with Crippen LogP contribution in [0.2, 0.25) is 0 Å². The number of fused-ring (bicyclic) bond motifs is 3. The summed E-state index contributed by atoms with van der Waals surface area (Å²) in [7, 11) is 0. The monoisotopic (exact) mass is 279 g/mol. The highest BCUT2D eigenvalue weighted by Crippen LogP contribution is 2.41. The van der Waals surface area contributed by atoms with Crippen molar-refractivity contribution in [1.29, 1.82) is 0 Å². The van der Waals surface area contributed by atoms with Crippen LogP contribution in [0.25, 0.3) is 11.1 Å². The fourth-order valence-electron chi connectivity index (χ4n) is 3.23. The Bertz CT molecular complexity index is 702. The van der Waals surface area contributed by atoms with E-state index in [2.05, 4.69) is 5.32 Å². The Morgan fingerprint density at radius 3 is 2.43 bits per heavy atom. The van der Waals surface area contributed by atoms with Crippen LogP contribution in [-0.2, 0) is 0 Å². The zero-order valence-corrected chi connectivity index (χ0v) is 11.8. The molecule has 2 aromatic carbocycles. The molecule has 1 aliphatic carbocycles. The van der Waals surface area contributed by atoms with E-state index in [1.54, 1.807) is 0 Å². The number of carbonyl (C=O) groups excluding carboxylic acids is 1. The van der Waals surface area contributed by atoms with Crippen LogP contribution in [0.1, 0.15) is 28.8 Å². The predicted octanol–water partition coefficient (Wildman–Crippen LogP) is 3.03. The Labute approximate surface area is 123 Å². The summed E-state index contributed by atoms with van der Waals surface area (Å²) < 4.78 is 6.14. The average Bonchev–Trinajstić information content (AvgIpc) is 2.83. The average molecular weight is 279 g/mol. The van der Waals surface area contributed by atoms with Gasteiger partial charge in [0.05, 0.1) is 5.56 Å². The van der Waals surface area contributed by atoms with Crippen LogP contribution < -0.4 is 10.1 Å². The van der Waals surface area contributed by atoms with E-state index in [1.807, 2.05) is 42.5 Å². The summed E-state index contributed by atoms with van der Waals surface area (Å²) in [5, 5.41) is 3.33. The van der Waals surface area contributed by atoms with Gasteiger partial charge in [0.25, 0.3) is 0 Å². The molecule has 1 heterocycles. The van der Waals surface area contributed by atoms with Gasteiger partial charge in [0.2, 0.25) is 0 Å². The van der Waals surface area contributed by atoms with Gasteiger partial charge in [0, 0.05) is 5.56 Å². The first-order valence-electron chi connectivity index (χ1n) is 7.49. The Balaban J connectivity index is 1.74. The molecule has 3 heteroatoms. The molecule has 1 aliphatic heterocycles. The van der Waals surface area contributed by atoms with Crippen LogP contribution in [0.4, 0.5) is 0 Å². The highest BCUT2D eigenvalue weighted by molar-refractivity contribution is 6.23. The van der Waals surface area contributed by atoms with Crippen LogP contribution in [0.3, 0.4) is 0 Å². The second-order valence-corrected chi connectivity index (χ2v) is 5.62. The smallest absolute Gasteiger partial charge is 0.198 e. The minimum absolute atomic E-state index is 0.0881. The molecule has 0 aromatic heterocycles. The normalized spacial score (nSPS) is 17.4. The number of ether oxygens (including phenoxy) is 1. The van der Waals surface area contributed by atoms with Crippen molar-refractivity contribution in [2.75, 3.05) is 13.1 Å². The van der Waals surface area contributed by atoms with Crippen molar-refractivity contribution in [2.45, 2.75) is 18.9 Å². The SMILES string of the molecule is O=C1c2ccccc2-c2cccc(OC3CCNCC3)c21. The highest BCUT2D eigenvalue weighted by Gasteiger charge is 2.30. The van der Waals surface area contributed by atoms with Gasteiger partial charge in [-0.25, -0.2) is 0 Å². The lowest BCUT2D eigenvalue weighted by Crippen LogP contribution is -2.34. The number of hydrogen-bond donors (Lipinski definition) is 1. The van der Waals surface area contributed by atoms with Gasteiger partial charge >= 0.3 is 0 Å². The minimum Gasteiger partial charge on any atom is -0.490 e. The fourth-order valence-corrected chi connectivity index (χ4v) is 3.23. The fraction of sp³-hybridized carbons (Fsp3) is 0.278. The highest BCUT2D eigenvalue weighted by atomic mass is 16.5. The quantitative estimate of drug-likeness (QED) is 0.783. The number of carbonyl (C=O) groups is 1. The van der Waals surface area contributed by atoms with Gasteiger partial charge in [-0.15, -0.1) is 0 Å². The van der Waals surface area contributed by atoms with Crippen molar-refractivity contribution < 1.29 is 9.53 Å². The lowest BCUT2D eigenvalue weighted by molar-refractivity contribution is 0.103. The van der Waals surface area contributed by atoms with Gasteiger partial charge in [-0.1, -0.05) is 36.4 Å². The van der Waals surface area contributed by atoms with Crippen LogP contribution in [0.15, 0.2) is 42.5 Å². The van der Waals surface area contributed by atoms with E-state index in [9.17, 15) is 4.79 Å². The van der Waals surface area contributed by atoms with Gasteiger partial charge in [0.15, 0.2) is 5.78 Å². The molecule has 3 nitrogen and oxygen atoms in total. The number of benzene rings is 2. The molecule has 0 unspecified atom stereocenters. The molecule has 2 aliphatic rings. The van der Waals surface area contributed by atoms with Crippen molar-refractivity contribution in [3.63, 3.8) is 0 Å². The van der Waals surface area contributed by atoms with E-state index in [0.717, 1.165) is 53.9 Å². The lowest BCUT2D eigenvalue weighted by atomic mass is 10.1. The summed E-state index contributed by atoms with van der Waals surface area (Å²) in [6.45, 7) is 1.96. The number of rotatable bonds is 2. The molecule has 0 radical (unpaired) electrons. The van der Waals surface area contributed by atoms with Crippen LogP contribution >= 0.6 is 0 Å². The molecule has 4 rings (SSSR count). The molecule has 1 fully saturated rings. The molecule has 1 N–H and O–H groups in total. The van der Waals surface area contributed by atoms with Gasteiger partial charge < -0.3 is 10.1 Å². The first-order valence-corrected chi connectivity index (χ1v) is 7.49. The van der Waals surface area contributed by atoms with Crippen LogP contribution in [0, 0.1) is 0 Å². The third-order valence-electron chi connectivity index (χ3n) is 4.29. The Morgan fingerprint density at radius 2 is 1.62 bits per heavy atom. The molecular weight excluding hydrogens is 262 g/mol. The number of nitrogens with one attached hydrogen (secondary N) is 1. The summed E-state index contributed by atoms with van der Waals surface area (Å²) in [5.41, 5.74) is 3.54. The Morgan fingerprint density at radius 1 is 0.905 bits per heavy atom. The summed E-state index contributed by atoms with van der Waals surface area (Å²) in [5.74, 6) is 0.825. The van der Waals surface area contributed by atoms with Crippen LogP contribution in [0.5, 0.6) is 5.75 Å². The first-order chi connectivity index (χ1) is 10.3. The largest absolute Gasteiger partial charge is 0.490 e. The van der Waals surface area contributed by atoms with E-state index in [1.165, 1.54) is 0 Å². The van der Waals surface area contributed by atoms with Crippen molar-refractivity contribution in [3.05, 3.63) is 53.6 Å². The minimum atomic E-state index is 0.0881. The Kier molecular flexibility index (Phi) is 3.00. The molecule has 1 saturated heterocycles. The van der Waals surface area contributed by atoms with Gasteiger partial charge in [0.1, 0.15) is 11.9 Å². The zero-order valence-electron chi connectivity index (χ0n) is 11.8. The third kappa shape index (κ3) is 2.05. The molecule has 0 saturated carbocycles. The second-order valence-electron chi connectivity index (χ2n) is 5.62. The molecule has 21 heavy (non-hydrogen) atoms. The Hall–Kier alpha value is -2.13. The molecule has 0 spiro atoms. The van der Waals surface area contributed by atoms with Crippen LogP contribution in [-0.4, -0.2) is 25.0 Å². The van der Waals surface area contributed by atoms with E-state index in [4.69, 9.17) is 4.74 Å². The van der Waals surface area contributed by atoms with Crippen molar-refractivity contribution in [3.8, 4) is 16.9 Å². The maximum absolute atomic E-state index is 12.7. The predicted molar refractivity (Wildman–Crippen MR) is 81.8 cm³/mol.